The Hall–Kier alpha value is -2.82. The van der Waals surface area contributed by atoms with Crippen LogP contribution in [-0.4, -0.2) is 22.9 Å². The van der Waals surface area contributed by atoms with Crippen molar-refractivity contribution >= 4 is 39.3 Å². The summed E-state index contributed by atoms with van der Waals surface area (Å²) in [5.74, 6) is 0.301. The molecule has 2 N–H and O–H groups in total. The average Bonchev–Trinajstić information content (AvgIpc) is 3.30. The van der Waals surface area contributed by atoms with Crippen LogP contribution in [0.5, 0.6) is 0 Å². The van der Waals surface area contributed by atoms with Crippen LogP contribution in [0.15, 0.2) is 42.5 Å². The lowest BCUT2D eigenvalue weighted by Gasteiger charge is -2.08. The standard InChI is InChI=1S/C21H23N3O2/c1-3-24-18-7-5-4-6-15(18)17-11-14(8-9-19(17)24)23-20(25)12-22-21(26)16-10-13(16)2/h4-9,11,13,16H,3,10,12H2,1-2H3,(H,22,26)(H,23,25)/t13-,16+/m1/s1. The Labute approximate surface area is 152 Å². The monoisotopic (exact) mass is 349 g/mol. The largest absolute Gasteiger partial charge is 0.347 e. The first-order valence-corrected chi connectivity index (χ1v) is 9.17. The summed E-state index contributed by atoms with van der Waals surface area (Å²) in [7, 11) is 0. The van der Waals surface area contributed by atoms with E-state index in [4.69, 9.17) is 0 Å². The fraction of sp³-hybridized carbons (Fsp3) is 0.333. The number of aromatic nitrogens is 1. The molecule has 1 aliphatic carbocycles. The molecule has 2 aromatic carbocycles. The van der Waals surface area contributed by atoms with Crippen molar-refractivity contribution in [2.24, 2.45) is 11.8 Å². The molecule has 0 saturated heterocycles. The Bertz CT molecular complexity index is 1010. The Morgan fingerprint density at radius 3 is 2.58 bits per heavy atom. The highest BCUT2D eigenvalue weighted by Gasteiger charge is 2.38. The van der Waals surface area contributed by atoms with E-state index in [1.807, 2.05) is 37.3 Å². The van der Waals surface area contributed by atoms with E-state index in [9.17, 15) is 9.59 Å². The van der Waals surface area contributed by atoms with Crippen molar-refractivity contribution in [3.8, 4) is 0 Å². The van der Waals surface area contributed by atoms with E-state index in [1.165, 1.54) is 10.9 Å². The van der Waals surface area contributed by atoms with Gasteiger partial charge in [-0.3, -0.25) is 9.59 Å². The summed E-state index contributed by atoms with van der Waals surface area (Å²) in [6, 6.07) is 14.3. The number of carbonyl (C=O) groups excluding carboxylic acids is 2. The van der Waals surface area contributed by atoms with Crippen molar-refractivity contribution in [2.75, 3.05) is 11.9 Å². The molecule has 26 heavy (non-hydrogen) atoms. The van der Waals surface area contributed by atoms with Gasteiger partial charge in [-0.05, 0) is 43.5 Å². The first kappa shape index (κ1) is 16.6. The van der Waals surface area contributed by atoms with Gasteiger partial charge < -0.3 is 15.2 Å². The molecule has 0 unspecified atom stereocenters. The molecule has 4 rings (SSSR count). The van der Waals surface area contributed by atoms with Gasteiger partial charge in [0.2, 0.25) is 11.8 Å². The van der Waals surface area contributed by atoms with Gasteiger partial charge in [0, 0.05) is 40.0 Å². The molecule has 1 fully saturated rings. The van der Waals surface area contributed by atoms with Gasteiger partial charge in [-0.1, -0.05) is 25.1 Å². The third-order valence-electron chi connectivity index (χ3n) is 5.24. The third-order valence-corrected chi connectivity index (χ3v) is 5.24. The summed E-state index contributed by atoms with van der Waals surface area (Å²) in [6.45, 7) is 5.08. The number of anilines is 1. The highest BCUT2D eigenvalue weighted by Crippen LogP contribution is 2.37. The van der Waals surface area contributed by atoms with Crippen molar-refractivity contribution in [3.05, 3.63) is 42.5 Å². The van der Waals surface area contributed by atoms with Gasteiger partial charge in [-0.15, -0.1) is 0 Å². The van der Waals surface area contributed by atoms with Crippen LogP contribution >= 0.6 is 0 Å². The second-order valence-electron chi connectivity index (χ2n) is 7.08. The van der Waals surface area contributed by atoms with E-state index in [0.29, 0.717) is 5.92 Å². The van der Waals surface area contributed by atoms with Crippen molar-refractivity contribution in [1.29, 1.82) is 0 Å². The van der Waals surface area contributed by atoms with E-state index in [0.717, 1.165) is 29.6 Å². The van der Waals surface area contributed by atoms with Crippen LogP contribution < -0.4 is 10.6 Å². The number of amides is 2. The van der Waals surface area contributed by atoms with Crippen LogP contribution in [0.1, 0.15) is 20.3 Å². The van der Waals surface area contributed by atoms with Crippen molar-refractivity contribution in [2.45, 2.75) is 26.8 Å². The van der Waals surface area contributed by atoms with Crippen LogP contribution in [0, 0.1) is 11.8 Å². The second kappa shape index (κ2) is 6.48. The molecule has 5 heteroatoms. The fourth-order valence-corrected chi connectivity index (χ4v) is 3.66. The SMILES string of the molecule is CCn1c2ccccc2c2cc(NC(=O)CNC(=O)[C@H]3C[C@H]3C)ccc21. The van der Waals surface area contributed by atoms with Crippen molar-refractivity contribution in [1.82, 2.24) is 9.88 Å². The zero-order chi connectivity index (χ0) is 18.3. The predicted molar refractivity (Wildman–Crippen MR) is 104 cm³/mol. The molecule has 1 heterocycles. The molecule has 1 aliphatic rings. The highest BCUT2D eigenvalue weighted by atomic mass is 16.2. The number of fused-ring (bicyclic) bond motifs is 3. The minimum Gasteiger partial charge on any atom is -0.347 e. The van der Waals surface area contributed by atoms with E-state index in [2.05, 4.69) is 34.3 Å². The fourth-order valence-electron chi connectivity index (χ4n) is 3.66. The molecular weight excluding hydrogens is 326 g/mol. The molecule has 2 amide bonds. The number of nitrogens with one attached hydrogen (secondary N) is 2. The van der Waals surface area contributed by atoms with Gasteiger partial charge in [-0.25, -0.2) is 0 Å². The molecule has 0 spiro atoms. The average molecular weight is 349 g/mol. The van der Waals surface area contributed by atoms with E-state index in [1.54, 1.807) is 0 Å². The number of aryl methyl sites for hydroxylation is 1. The summed E-state index contributed by atoms with van der Waals surface area (Å²) >= 11 is 0. The van der Waals surface area contributed by atoms with Crippen LogP contribution in [0.2, 0.25) is 0 Å². The van der Waals surface area contributed by atoms with Gasteiger partial charge in [0.05, 0.1) is 6.54 Å². The zero-order valence-corrected chi connectivity index (χ0v) is 15.1. The molecule has 0 radical (unpaired) electrons. The molecule has 0 aliphatic heterocycles. The first-order chi connectivity index (χ1) is 12.6. The number of hydrogen-bond acceptors (Lipinski definition) is 2. The lowest BCUT2D eigenvalue weighted by atomic mass is 10.1. The number of hydrogen-bond donors (Lipinski definition) is 2. The van der Waals surface area contributed by atoms with Crippen LogP contribution in [0.25, 0.3) is 21.8 Å². The first-order valence-electron chi connectivity index (χ1n) is 9.17. The number of para-hydroxylation sites is 1. The van der Waals surface area contributed by atoms with Gasteiger partial charge >= 0.3 is 0 Å². The molecule has 2 atom stereocenters. The molecular formula is C21H23N3O2. The maximum absolute atomic E-state index is 12.2. The lowest BCUT2D eigenvalue weighted by Crippen LogP contribution is -2.34. The number of carbonyl (C=O) groups is 2. The highest BCUT2D eigenvalue weighted by molar-refractivity contribution is 6.10. The van der Waals surface area contributed by atoms with Gasteiger partial charge in [0.25, 0.3) is 0 Å². The topological polar surface area (TPSA) is 63.1 Å². The maximum atomic E-state index is 12.2. The van der Waals surface area contributed by atoms with Gasteiger partial charge in [0.15, 0.2) is 0 Å². The quantitative estimate of drug-likeness (QED) is 0.740. The Morgan fingerprint density at radius 2 is 1.85 bits per heavy atom. The predicted octanol–water partition coefficient (Wildman–Crippen LogP) is 3.53. The smallest absolute Gasteiger partial charge is 0.243 e. The second-order valence-corrected chi connectivity index (χ2v) is 7.08. The van der Waals surface area contributed by atoms with E-state index >= 15 is 0 Å². The molecule has 134 valence electrons. The van der Waals surface area contributed by atoms with Crippen LogP contribution in [0.3, 0.4) is 0 Å². The van der Waals surface area contributed by atoms with E-state index < -0.39 is 0 Å². The minimum absolute atomic E-state index is 0.0107. The van der Waals surface area contributed by atoms with Crippen molar-refractivity contribution in [3.63, 3.8) is 0 Å². The minimum atomic E-state index is -0.203. The summed E-state index contributed by atoms with van der Waals surface area (Å²) in [5.41, 5.74) is 3.09. The van der Waals surface area contributed by atoms with Crippen molar-refractivity contribution < 1.29 is 9.59 Å². The lowest BCUT2D eigenvalue weighted by molar-refractivity contribution is -0.125. The molecule has 5 nitrogen and oxygen atoms in total. The van der Waals surface area contributed by atoms with Crippen LogP contribution in [0.4, 0.5) is 5.69 Å². The van der Waals surface area contributed by atoms with E-state index in [-0.39, 0.29) is 24.3 Å². The Morgan fingerprint density at radius 1 is 1.12 bits per heavy atom. The molecule has 0 bridgehead atoms. The molecule has 1 saturated carbocycles. The Balaban J connectivity index is 1.53. The zero-order valence-electron chi connectivity index (χ0n) is 15.1. The van der Waals surface area contributed by atoms with Gasteiger partial charge in [-0.2, -0.15) is 0 Å². The summed E-state index contributed by atoms with van der Waals surface area (Å²) in [6.07, 6.45) is 0.922. The Kier molecular flexibility index (Phi) is 4.15. The van der Waals surface area contributed by atoms with Gasteiger partial charge in [0.1, 0.15) is 0 Å². The number of benzene rings is 2. The number of nitrogens with zero attached hydrogens (tertiary/aromatic N) is 1. The molecule has 3 aromatic rings. The third kappa shape index (κ3) is 2.94. The number of rotatable bonds is 5. The maximum Gasteiger partial charge on any atom is 0.243 e. The summed E-state index contributed by atoms with van der Waals surface area (Å²) in [5, 5.41) is 7.91. The molecule has 1 aromatic heterocycles. The summed E-state index contributed by atoms with van der Waals surface area (Å²) < 4.78 is 2.27. The summed E-state index contributed by atoms with van der Waals surface area (Å²) in [4.78, 5) is 24.0. The normalized spacial score (nSPS) is 18.8. The van der Waals surface area contributed by atoms with Crippen LogP contribution in [-0.2, 0) is 16.1 Å².